The average molecular weight is 340 g/mol. The van der Waals surface area contributed by atoms with Gasteiger partial charge in [0.25, 0.3) is 0 Å². The van der Waals surface area contributed by atoms with Crippen LogP contribution in [-0.4, -0.2) is 55.6 Å². The van der Waals surface area contributed by atoms with Crippen LogP contribution in [0.3, 0.4) is 0 Å². The Kier molecular flexibility index (Phi) is 10.6. The Balaban J connectivity index is 2.15. The lowest BCUT2D eigenvalue weighted by atomic mass is 10.3. The summed E-state index contributed by atoms with van der Waals surface area (Å²) in [6, 6.07) is 0. The second kappa shape index (κ2) is 12.3. The van der Waals surface area contributed by atoms with Crippen molar-refractivity contribution in [1.82, 2.24) is 20.5 Å². The standard InChI is InChI=1S/C17H33N5S/c1-5-11-22(12-6-2)13-7-9-19-17(18-4)20-10-8-16-14-23-15(3)21-16/h14H,5-13H2,1-4H3,(H2,18,19,20). The second-order valence-electron chi connectivity index (χ2n) is 5.73. The van der Waals surface area contributed by atoms with E-state index in [2.05, 4.69) is 44.7 Å². The molecule has 0 aliphatic heterocycles. The normalized spacial score (nSPS) is 12.0. The Morgan fingerprint density at radius 3 is 2.43 bits per heavy atom. The molecule has 0 radical (unpaired) electrons. The van der Waals surface area contributed by atoms with Gasteiger partial charge in [-0.05, 0) is 45.8 Å². The van der Waals surface area contributed by atoms with Gasteiger partial charge in [-0.3, -0.25) is 4.99 Å². The summed E-state index contributed by atoms with van der Waals surface area (Å²) in [5.41, 5.74) is 1.16. The molecular weight excluding hydrogens is 306 g/mol. The van der Waals surface area contributed by atoms with Crippen LogP contribution in [0.5, 0.6) is 0 Å². The highest BCUT2D eigenvalue weighted by molar-refractivity contribution is 7.09. The van der Waals surface area contributed by atoms with Gasteiger partial charge in [-0.15, -0.1) is 11.3 Å². The summed E-state index contributed by atoms with van der Waals surface area (Å²) in [4.78, 5) is 11.3. The van der Waals surface area contributed by atoms with E-state index in [1.54, 1.807) is 11.3 Å². The molecule has 0 spiro atoms. The predicted octanol–water partition coefficient (Wildman–Crippen LogP) is 2.67. The van der Waals surface area contributed by atoms with Crippen LogP contribution in [-0.2, 0) is 6.42 Å². The van der Waals surface area contributed by atoms with E-state index in [4.69, 9.17) is 0 Å². The highest BCUT2D eigenvalue weighted by Crippen LogP contribution is 2.07. The van der Waals surface area contributed by atoms with Crippen molar-refractivity contribution in [3.63, 3.8) is 0 Å². The van der Waals surface area contributed by atoms with Crippen molar-refractivity contribution in [3.05, 3.63) is 16.1 Å². The van der Waals surface area contributed by atoms with Crippen LogP contribution >= 0.6 is 11.3 Å². The van der Waals surface area contributed by atoms with E-state index in [0.29, 0.717) is 0 Å². The van der Waals surface area contributed by atoms with E-state index >= 15 is 0 Å². The van der Waals surface area contributed by atoms with Crippen LogP contribution in [0.1, 0.15) is 43.8 Å². The van der Waals surface area contributed by atoms with E-state index in [1.807, 2.05) is 14.0 Å². The number of aryl methyl sites for hydroxylation is 1. The third kappa shape index (κ3) is 8.91. The first-order valence-corrected chi connectivity index (χ1v) is 9.65. The van der Waals surface area contributed by atoms with Crippen molar-refractivity contribution in [2.75, 3.05) is 39.8 Å². The zero-order chi connectivity index (χ0) is 16.9. The lowest BCUT2D eigenvalue weighted by Crippen LogP contribution is -2.39. The smallest absolute Gasteiger partial charge is 0.190 e. The van der Waals surface area contributed by atoms with E-state index < -0.39 is 0 Å². The minimum atomic E-state index is 0.862. The van der Waals surface area contributed by atoms with Crippen LogP contribution in [0.2, 0.25) is 0 Å². The summed E-state index contributed by atoms with van der Waals surface area (Å²) in [6.07, 6.45) is 4.54. The number of nitrogens with zero attached hydrogens (tertiary/aromatic N) is 3. The molecule has 0 atom stereocenters. The van der Waals surface area contributed by atoms with Crippen LogP contribution in [0, 0.1) is 6.92 Å². The van der Waals surface area contributed by atoms with E-state index in [9.17, 15) is 0 Å². The van der Waals surface area contributed by atoms with Crippen molar-refractivity contribution >= 4 is 17.3 Å². The molecule has 1 aromatic rings. The Labute approximate surface area is 145 Å². The van der Waals surface area contributed by atoms with Crippen LogP contribution < -0.4 is 10.6 Å². The van der Waals surface area contributed by atoms with Gasteiger partial charge in [0.15, 0.2) is 5.96 Å². The van der Waals surface area contributed by atoms with Crippen molar-refractivity contribution in [2.45, 2.75) is 46.5 Å². The number of guanidine groups is 1. The van der Waals surface area contributed by atoms with E-state index in [0.717, 1.165) is 49.1 Å². The summed E-state index contributed by atoms with van der Waals surface area (Å²) in [5, 5.41) is 10.0. The van der Waals surface area contributed by atoms with E-state index in [-0.39, 0.29) is 0 Å². The summed E-state index contributed by atoms with van der Waals surface area (Å²) >= 11 is 1.71. The molecule has 5 nitrogen and oxygen atoms in total. The fourth-order valence-electron chi connectivity index (χ4n) is 2.53. The van der Waals surface area contributed by atoms with Gasteiger partial charge in [-0.1, -0.05) is 13.8 Å². The van der Waals surface area contributed by atoms with Crippen molar-refractivity contribution in [1.29, 1.82) is 0 Å². The number of aromatic nitrogens is 1. The van der Waals surface area contributed by atoms with E-state index in [1.165, 1.54) is 25.9 Å². The minimum Gasteiger partial charge on any atom is -0.356 e. The van der Waals surface area contributed by atoms with Gasteiger partial charge in [0, 0.05) is 31.9 Å². The van der Waals surface area contributed by atoms with Crippen LogP contribution in [0.4, 0.5) is 0 Å². The van der Waals surface area contributed by atoms with Gasteiger partial charge in [-0.25, -0.2) is 4.98 Å². The third-order valence-electron chi connectivity index (χ3n) is 3.59. The first kappa shape index (κ1) is 19.9. The first-order chi connectivity index (χ1) is 11.2. The van der Waals surface area contributed by atoms with Crippen molar-refractivity contribution in [3.8, 4) is 0 Å². The first-order valence-electron chi connectivity index (χ1n) is 8.77. The topological polar surface area (TPSA) is 52.5 Å². The zero-order valence-electron chi connectivity index (χ0n) is 15.2. The van der Waals surface area contributed by atoms with Gasteiger partial charge in [0.1, 0.15) is 0 Å². The minimum absolute atomic E-state index is 0.862. The van der Waals surface area contributed by atoms with Gasteiger partial charge in [-0.2, -0.15) is 0 Å². The third-order valence-corrected chi connectivity index (χ3v) is 4.41. The quantitative estimate of drug-likeness (QED) is 0.370. The van der Waals surface area contributed by atoms with Crippen molar-refractivity contribution < 1.29 is 0 Å². The molecule has 1 aromatic heterocycles. The SMILES string of the molecule is CCCN(CCC)CCCNC(=NC)NCCc1csc(C)n1. The number of rotatable bonds is 11. The molecular formula is C17H33N5S. The highest BCUT2D eigenvalue weighted by Gasteiger charge is 2.03. The summed E-state index contributed by atoms with van der Waals surface area (Å²) in [5.74, 6) is 0.884. The molecule has 23 heavy (non-hydrogen) atoms. The van der Waals surface area contributed by atoms with Gasteiger partial charge >= 0.3 is 0 Å². The molecule has 1 rings (SSSR count). The number of thiazole rings is 1. The molecule has 2 N–H and O–H groups in total. The second-order valence-corrected chi connectivity index (χ2v) is 6.79. The molecule has 0 fully saturated rings. The maximum Gasteiger partial charge on any atom is 0.190 e. The molecule has 0 aliphatic rings. The molecule has 6 heteroatoms. The molecule has 0 saturated carbocycles. The monoisotopic (exact) mass is 339 g/mol. The fraction of sp³-hybridized carbons (Fsp3) is 0.765. The molecule has 0 saturated heterocycles. The average Bonchev–Trinajstić information content (AvgIpc) is 2.95. The molecule has 132 valence electrons. The van der Waals surface area contributed by atoms with Crippen LogP contribution in [0.25, 0.3) is 0 Å². The number of nitrogens with one attached hydrogen (secondary N) is 2. The lowest BCUT2D eigenvalue weighted by Gasteiger charge is -2.21. The van der Waals surface area contributed by atoms with Crippen molar-refractivity contribution in [2.24, 2.45) is 4.99 Å². The van der Waals surface area contributed by atoms with Gasteiger partial charge < -0.3 is 15.5 Å². The molecule has 0 amide bonds. The Morgan fingerprint density at radius 1 is 1.17 bits per heavy atom. The lowest BCUT2D eigenvalue weighted by molar-refractivity contribution is 0.271. The summed E-state index contributed by atoms with van der Waals surface area (Å²) in [7, 11) is 1.82. The van der Waals surface area contributed by atoms with Gasteiger partial charge in [0.2, 0.25) is 0 Å². The molecule has 0 unspecified atom stereocenters. The number of aliphatic imine (C=N–C) groups is 1. The zero-order valence-corrected chi connectivity index (χ0v) is 16.0. The maximum absolute atomic E-state index is 4.48. The Bertz CT molecular complexity index is 438. The summed E-state index contributed by atoms with van der Waals surface area (Å²) < 4.78 is 0. The number of hydrogen-bond acceptors (Lipinski definition) is 4. The molecule has 0 aliphatic carbocycles. The Hall–Kier alpha value is -1.14. The predicted molar refractivity (Wildman–Crippen MR) is 102 cm³/mol. The Morgan fingerprint density at radius 2 is 1.87 bits per heavy atom. The largest absolute Gasteiger partial charge is 0.356 e. The fourth-order valence-corrected chi connectivity index (χ4v) is 3.18. The summed E-state index contributed by atoms with van der Waals surface area (Å²) in [6.45, 7) is 11.9. The highest BCUT2D eigenvalue weighted by atomic mass is 32.1. The number of hydrogen-bond donors (Lipinski definition) is 2. The molecule has 0 bridgehead atoms. The van der Waals surface area contributed by atoms with Crippen LogP contribution in [0.15, 0.2) is 10.4 Å². The van der Waals surface area contributed by atoms with Gasteiger partial charge in [0.05, 0.1) is 10.7 Å². The molecule has 1 heterocycles. The molecule has 0 aromatic carbocycles. The maximum atomic E-state index is 4.48.